The average Bonchev–Trinajstić information content (AvgIpc) is 3.44. The molecule has 0 bridgehead atoms. The highest BCUT2D eigenvalue weighted by molar-refractivity contribution is 7.98. The van der Waals surface area contributed by atoms with Crippen molar-refractivity contribution in [2.45, 2.75) is 37.2 Å². The van der Waals surface area contributed by atoms with Gasteiger partial charge in [-0.3, -0.25) is 13.8 Å². The van der Waals surface area contributed by atoms with Crippen LogP contribution in [0.2, 0.25) is 0 Å². The molecular formula is C24H22N4OS2. The Morgan fingerprint density at radius 1 is 1.03 bits per heavy atom. The number of nitrogens with zero attached hydrogens (tertiary/aromatic N) is 4. The molecule has 0 radical (unpaired) electrons. The Balaban J connectivity index is 1.55. The summed E-state index contributed by atoms with van der Waals surface area (Å²) in [6.45, 7) is 4.78. The lowest BCUT2D eigenvalue weighted by Crippen LogP contribution is -2.24. The predicted molar refractivity (Wildman–Crippen MR) is 128 cm³/mol. The van der Waals surface area contributed by atoms with Crippen LogP contribution in [0.3, 0.4) is 0 Å². The van der Waals surface area contributed by atoms with E-state index in [4.69, 9.17) is 0 Å². The Hall–Kier alpha value is -2.90. The van der Waals surface area contributed by atoms with Gasteiger partial charge >= 0.3 is 0 Å². The first-order chi connectivity index (χ1) is 15.1. The second kappa shape index (κ2) is 8.32. The van der Waals surface area contributed by atoms with E-state index >= 15 is 0 Å². The van der Waals surface area contributed by atoms with E-state index in [9.17, 15) is 4.79 Å². The molecule has 2 aromatic carbocycles. The zero-order chi connectivity index (χ0) is 21.4. The van der Waals surface area contributed by atoms with Gasteiger partial charge in [0.2, 0.25) is 5.78 Å². The van der Waals surface area contributed by atoms with Gasteiger partial charge in [-0.05, 0) is 35.4 Å². The van der Waals surface area contributed by atoms with Gasteiger partial charge in [0.25, 0.3) is 5.56 Å². The van der Waals surface area contributed by atoms with Gasteiger partial charge < -0.3 is 0 Å². The number of hydrogen-bond donors (Lipinski definition) is 0. The summed E-state index contributed by atoms with van der Waals surface area (Å²) in [5.74, 6) is 1.58. The molecule has 0 amide bonds. The first-order valence-corrected chi connectivity index (χ1v) is 12.1. The zero-order valence-electron chi connectivity index (χ0n) is 17.4. The highest BCUT2D eigenvalue weighted by Gasteiger charge is 2.19. The lowest BCUT2D eigenvalue weighted by atomic mass is 10.0. The fraction of sp³-hybridized carbons (Fsp3) is 0.208. The first-order valence-electron chi connectivity index (χ1n) is 10.2. The van der Waals surface area contributed by atoms with Crippen molar-refractivity contribution in [3.05, 3.63) is 93.1 Å². The summed E-state index contributed by atoms with van der Waals surface area (Å²) in [4.78, 5) is 13.3. The molecule has 7 heteroatoms. The maximum Gasteiger partial charge on any atom is 0.272 e. The Morgan fingerprint density at radius 2 is 1.81 bits per heavy atom. The van der Waals surface area contributed by atoms with E-state index in [2.05, 4.69) is 60.4 Å². The standard InChI is InChI=1S/C24H22N4OS2/c1-16-8-10-18(11-9-16)15-31-24-26-25-23-27(14-17(2)19-6-4-3-5-7-19)22(29)21-20(28(23)24)12-13-30-21/h3-13,17H,14-15H2,1-2H3/t17-/m1/s1. The van der Waals surface area contributed by atoms with E-state index in [1.807, 2.05) is 34.0 Å². The lowest BCUT2D eigenvalue weighted by molar-refractivity contribution is 0.588. The third-order valence-electron chi connectivity index (χ3n) is 5.50. The van der Waals surface area contributed by atoms with Crippen LogP contribution in [-0.4, -0.2) is 19.2 Å². The van der Waals surface area contributed by atoms with Crippen molar-refractivity contribution in [3.63, 3.8) is 0 Å². The van der Waals surface area contributed by atoms with Crippen molar-refractivity contribution < 1.29 is 0 Å². The minimum Gasteiger partial charge on any atom is -0.275 e. The molecule has 5 nitrogen and oxygen atoms in total. The summed E-state index contributed by atoms with van der Waals surface area (Å²) < 4.78 is 4.55. The van der Waals surface area contributed by atoms with Crippen LogP contribution in [0, 0.1) is 6.92 Å². The fourth-order valence-corrected chi connectivity index (χ4v) is 5.47. The molecule has 0 fully saturated rings. The fourth-order valence-electron chi connectivity index (χ4n) is 3.75. The molecule has 0 saturated carbocycles. The number of aromatic nitrogens is 4. The first kappa shape index (κ1) is 20.0. The summed E-state index contributed by atoms with van der Waals surface area (Å²) in [6.07, 6.45) is 0. The summed E-state index contributed by atoms with van der Waals surface area (Å²) in [6, 6.07) is 20.8. The minimum absolute atomic E-state index is 0.00256. The molecule has 3 aromatic heterocycles. The smallest absolute Gasteiger partial charge is 0.272 e. The van der Waals surface area contributed by atoms with Gasteiger partial charge in [-0.25, -0.2) is 0 Å². The molecule has 0 N–H and O–H groups in total. The zero-order valence-corrected chi connectivity index (χ0v) is 19.0. The molecule has 1 atom stereocenters. The maximum atomic E-state index is 13.3. The Bertz CT molecular complexity index is 1400. The van der Waals surface area contributed by atoms with Crippen molar-refractivity contribution in [1.29, 1.82) is 0 Å². The second-order valence-electron chi connectivity index (χ2n) is 7.75. The summed E-state index contributed by atoms with van der Waals surface area (Å²) >= 11 is 3.12. The largest absolute Gasteiger partial charge is 0.275 e. The number of hydrogen-bond acceptors (Lipinski definition) is 5. The quantitative estimate of drug-likeness (QED) is 0.323. The van der Waals surface area contributed by atoms with Gasteiger partial charge in [0.05, 0.1) is 5.52 Å². The molecule has 0 unspecified atom stereocenters. The SMILES string of the molecule is Cc1ccc(CSc2nnc3n(C[C@@H](C)c4ccccc4)c(=O)c4sccc4n23)cc1. The van der Waals surface area contributed by atoms with E-state index < -0.39 is 0 Å². The van der Waals surface area contributed by atoms with E-state index in [0.29, 0.717) is 12.3 Å². The van der Waals surface area contributed by atoms with Gasteiger partial charge in [0.15, 0.2) is 5.16 Å². The molecule has 0 aliphatic rings. The number of rotatable bonds is 6. The molecule has 31 heavy (non-hydrogen) atoms. The van der Waals surface area contributed by atoms with Crippen LogP contribution in [0.5, 0.6) is 0 Å². The van der Waals surface area contributed by atoms with Crippen LogP contribution in [0.4, 0.5) is 0 Å². The number of benzene rings is 2. The molecule has 5 rings (SSSR count). The molecule has 0 saturated heterocycles. The van der Waals surface area contributed by atoms with Crippen LogP contribution in [0.1, 0.15) is 29.5 Å². The molecule has 156 valence electrons. The molecule has 5 aromatic rings. The molecule has 0 aliphatic carbocycles. The highest BCUT2D eigenvalue weighted by Crippen LogP contribution is 2.27. The van der Waals surface area contributed by atoms with Gasteiger partial charge in [0, 0.05) is 12.3 Å². The summed E-state index contributed by atoms with van der Waals surface area (Å²) in [5.41, 5.74) is 4.57. The lowest BCUT2D eigenvalue weighted by Gasteiger charge is -2.15. The van der Waals surface area contributed by atoms with Crippen molar-refractivity contribution in [2.75, 3.05) is 0 Å². The number of fused-ring (bicyclic) bond motifs is 3. The van der Waals surface area contributed by atoms with Gasteiger partial charge in [-0.15, -0.1) is 21.5 Å². The van der Waals surface area contributed by atoms with E-state index in [-0.39, 0.29) is 11.5 Å². The van der Waals surface area contributed by atoms with Crippen LogP contribution in [0.15, 0.2) is 76.0 Å². The van der Waals surface area contributed by atoms with E-state index in [0.717, 1.165) is 21.1 Å². The average molecular weight is 447 g/mol. The van der Waals surface area contributed by atoms with Crippen molar-refractivity contribution in [1.82, 2.24) is 19.2 Å². The van der Waals surface area contributed by atoms with E-state index in [1.165, 1.54) is 28.0 Å². The van der Waals surface area contributed by atoms with Crippen LogP contribution in [-0.2, 0) is 12.3 Å². The normalized spacial score (nSPS) is 12.6. The van der Waals surface area contributed by atoms with Crippen molar-refractivity contribution in [2.24, 2.45) is 0 Å². The number of thiophene rings is 1. The van der Waals surface area contributed by atoms with Gasteiger partial charge in [-0.1, -0.05) is 78.8 Å². The molecule has 3 heterocycles. The van der Waals surface area contributed by atoms with Crippen LogP contribution < -0.4 is 5.56 Å². The minimum atomic E-state index is 0.00256. The highest BCUT2D eigenvalue weighted by atomic mass is 32.2. The Morgan fingerprint density at radius 3 is 2.58 bits per heavy atom. The Kier molecular flexibility index (Phi) is 5.38. The molecular weight excluding hydrogens is 424 g/mol. The van der Waals surface area contributed by atoms with Crippen molar-refractivity contribution >= 4 is 39.1 Å². The van der Waals surface area contributed by atoms with E-state index in [1.54, 1.807) is 16.3 Å². The third-order valence-corrected chi connectivity index (χ3v) is 7.39. The number of aryl methyl sites for hydroxylation is 1. The molecule has 0 spiro atoms. The Labute approximate surface area is 188 Å². The number of thioether (sulfide) groups is 1. The van der Waals surface area contributed by atoms with Crippen LogP contribution in [0.25, 0.3) is 16.0 Å². The van der Waals surface area contributed by atoms with Crippen LogP contribution >= 0.6 is 23.1 Å². The maximum absolute atomic E-state index is 13.3. The van der Waals surface area contributed by atoms with Gasteiger partial charge in [0.1, 0.15) is 4.70 Å². The van der Waals surface area contributed by atoms with Gasteiger partial charge in [-0.2, -0.15) is 0 Å². The monoisotopic (exact) mass is 446 g/mol. The summed E-state index contributed by atoms with van der Waals surface area (Å²) in [7, 11) is 0. The third kappa shape index (κ3) is 3.79. The molecule has 0 aliphatic heterocycles. The topological polar surface area (TPSA) is 52.2 Å². The predicted octanol–water partition coefficient (Wildman–Crippen LogP) is 5.51. The van der Waals surface area contributed by atoms with Crippen molar-refractivity contribution in [3.8, 4) is 0 Å². The summed E-state index contributed by atoms with van der Waals surface area (Å²) in [5, 5.41) is 11.7. The second-order valence-corrected chi connectivity index (χ2v) is 9.61.